The summed E-state index contributed by atoms with van der Waals surface area (Å²) in [4.78, 5) is 26.8. The van der Waals surface area contributed by atoms with Crippen molar-refractivity contribution in [1.29, 1.82) is 0 Å². The van der Waals surface area contributed by atoms with Crippen LogP contribution in [-0.2, 0) is 26.2 Å². The fourth-order valence-electron chi connectivity index (χ4n) is 2.97. The maximum atomic E-state index is 13.3. The average Bonchev–Trinajstić information content (AvgIpc) is 2.70. The quantitative estimate of drug-likeness (QED) is 0.621. The van der Waals surface area contributed by atoms with E-state index in [0.29, 0.717) is 15.6 Å². The van der Waals surface area contributed by atoms with Crippen LogP contribution in [0.1, 0.15) is 18.1 Å². The summed E-state index contributed by atoms with van der Waals surface area (Å²) in [5.74, 6) is -0.919. The van der Waals surface area contributed by atoms with Crippen molar-refractivity contribution < 1.29 is 18.0 Å². The Morgan fingerprint density at radius 2 is 1.81 bits per heavy atom. The molecule has 2 aromatic rings. The van der Waals surface area contributed by atoms with Crippen LogP contribution in [-0.4, -0.2) is 51.0 Å². The molecule has 0 saturated heterocycles. The number of carbonyl (C=O) groups is 2. The average molecular weight is 486 g/mol. The number of carbonyl (C=O) groups excluding carboxylic acids is 2. The van der Waals surface area contributed by atoms with Crippen molar-refractivity contribution in [2.75, 3.05) is 24.2 Å². The monoisotopic (exact) mass is 485 g/mol. The van der Waals surface area contributed by atoms with Gasteiger partial charge in [0.1, 0.15) is 12.6 Å². The first kappa shape index (κ1) is 25.0. The number of nitrogens with zero attached hydrogens (tertiary/aromatic N) is 2. The number of sulfonamides is 1. The molecule has 0 heterocycles. The van der Waals surface area contributed by atoms with Crippen molar-refractivity contribution >= 4 is 50.7 Å². The summed E-state index contributed by atoms with van der Waals surface area (Å²) in [5.41, 5.74) is 1.75. The molecule has 2 amide bonds. The third kappa shape index (κ3) is 6.59. The first-order valence-electron chi connectivity index (χ1n) is 9.43. The van der Waals surface area contributed by atoms with Crippen LogP contribution >= 0.6 is 23.2 Å². The van der Waals surface area contributed by atoms with Gasteiger partial charge in [0.15, 0.2) is 0 Å². The number of amides is 2. The predicted octanol–water partition coefficient (Wildman–Crippen LogP) is 3.23. The molecule has 2 rings (SSSR count). The second-order valence-electron chi connectivity index (χ2n) is 7.14. The lowest BCUT2D eigenvalue weighted by Crippen LogP contribution is -2.50. The number of halogens is 2. The number of rotatable bonds is 8. The van der Waals surface area contributed by atoms with Gasteiger partial charge >= 0.3 is 0 Å². The third-order valence-electron chi connectivity index (χ3n) is 4.78. The normalized spacial score (nSPS) is 12.2. The van der Waals surface area contributed by atoms with E-state index in [9.17, 15) is 18.0 Å². The number of hydrogen-bond acceptors (Lipinski definition) is 4. The van der Waals surface area contributed by atoms with Crippen LogP contribution in [0, 0.1) is 6.92 Å². The molecule has 0 aliphatic rings. The molecule has 0 aromatic heterocycles. The van der Waals surface area contributed by atoms with E-state index in [2.05, 4.69) is 5.32 Å². The second kappa shape index (κ2) is 10.3. The Hall–Kier alpha value is -2.29. The van der Waals surface area contributed by atoms with Gasteiger partial charge in [-0.15, -0.1) is 0 Å². The third-order valence-corrected chi connectivity index (χ3v) is 6.56. The molecule has 7 nitrogen and oxygen atoms in total. The molecule has 0 saturated carbocycles. The molecule has 1 atom stereocenters. The minimum absolute atomic E-state index is 0.0836. The van der Waals surface area contributed by atoms with E-state index in [0.717, 1.165) is 16.1 Å². The smallest absolute Gasteiger partial charge is 0.244 e. The summed E-state index contributed by atoms with van der Waals surface area (Å²) in [6.45, 7) is 2.97. The van der Waals surface area contributed by atoms with Crippen LogP contribution in [0.4, 0.5) is 5.69 Å². The van der Waals surface area contributed by atoms with E-state index >= 15 is 0 Å². The van der Waals surface area contributed by atoms with Gasteiger partial charge in [0.2, 0.25) is 21.8 Å². The molecule has 0 radical (unpaired) electrons. The highest BCUT2D eigenvalue weighted by atomic mass is 35.5. The molecule has 31 heavy (non-hydrogen) atoms. The standard InChI is InChI=1S/C21H25Cl2N3O4S/c1-14-8-9-18(11-19(14)23)26(31(4,29)30)13-20(27)25(15(2)21(28)24-3)12-16-6-5-7-17(22)10-16/h5-11,15H,12-13H2,1-4H3,(H,24,28)/t15-/m1/s1. The van der Waals surface area contributed by atoms with Crippen molar-refractivity contribution in [3.63, 3.8) is 0 Å². The summed E-state index contributed by atoms with van der Waals surface area (Å²) in [6, 6.07) is 10.8. The molecule has 0 spiro atoms. The molecular weight excluding hydrogens is 461 g/mol. The Morgan fingerprint density at radius 3 is 2.35 bits per heavy atom. The lowest BCUT2D eigenvalue weighted by Gasteiger charge is -2.31. The molecule has 10 heteroatoms. The van der Waals surface area contributed by atoms with Gasteiger partial charge in [-0.2, -0.15) is 0 Å². The van der Waals surface area contributed by atoms with Crippen molar-refractivity contribution in [2.24, 2.45) is 0 Å². The minimum atomic E-state index is -3.80. The largest absolute Gasteiger partial charge is 0.357 e. The number of aryl methyl sites for hydroxylation is 1. The van der Waals surface area contributed by atoms with Crippen LogP contribution in [0.3, 0.4) is 0 Å². The lowest BCUT2D eigenvalue weighted by atomic mass is 10.1. The summed E-state index contributed by atoms with van der Waals surface area (Å²) in [7, 11) is -2.33. The zero-order valence-electron chi connectivity index (χ0n) is 17.7. The molecule has 0 bridgehead atoms. The number of nitrogens with one attached hydrogen (secondary N) is 1. The number of hydrogen-bond donors (Lipinski definition) is 1. The fraction of sp³-hybridized carbons (Fsp3) is 0.333. The number of anilines is 1. The zero-order valence-corrected chi connectivity index (χ0v) is 20.1. The van der Waals surface area contributed by atoms with Crippen LogP contribution in [0.15, 0.2) is 42.5 Å². The SMILES string of the molecule is CNC(=O)[C@@H](C)N(Cc1cccc(Cl)c1)C(=O)CN(c1ccc(C)c(Cl)c1)S(C)(=O)=O. The van der Waals surface area contributed by atoms with E-state index in [4.69, 9.17) is 23.2 Å². The van der Waals surface area contributed by atoms with Crippen molar-refractivity contribution in [3.8, 4) is 0 Å². The second-order valence-corrected chi connectivity index (χ2v) is 9.90. The topological polar surface area (TPSA) is 86.8 Å². The van der Waals surface area contributed by atoms with Crippen LogP contribution in [0.5, 0.6) is 0 Å². The lowest BCUT2D eigenvalue weighted by molar-refractivity contribution is -0.139. The van der Waals surface area contributed by atoms with Gasteiger partial charge in [-0.3, -0.25) is 13.9 Å². The van der Waals surface area contributed by atoms with Crippen LogP contribution < -0.4 is 9.62 Å². The van der Waals surface area contributed by atoms with Gasteiger partial charge in [-0.1, -0.05) is 41.4 Å². The van der Waals surface area contributed by atoms with E-state index in [1.807, 2.05) is 0 Å². The van der Waals surface area contributed by atoms with Gasteiger partial charge in [-0.25, -0.2) is 8.42 Å². The van der Waals surface area contributed by atoms with Gasteiger partial charge in [0.05, 0.1) is 11.9 Å². The maximum absolute atomic E-state index is 13.3. The highest BCUT2D eigenvalue weighted by molar-refractivity contribution is 7.92. The van der Waals surface area contributed by atoms with Crippen LogP contribution in [0.2, 0.25) is 10.0 Å². The Kier molecular flexibility index (Phi) is 8.34. The first-order valence-corrected chi connectivity index (χ1v) is 12.0. The Balaban J connectivity index is 2.40. The van der Waals surface area contributed by atoms with E-state index in [1.54, 1.807) is 50.2 Å². The van der Waals surface area contributed by atoms with Gasteiger partial charge in [0.25, 0.3) is 0 Å². The van der Waals surface area contributed by atoms with Crippen molar-refractivity contribution in [1.82, 2.24) is 10.2 Å². The molecule has 168 valence electrons. The molecule has 0 fully saturated rings. The molecule has 0 unspecified atom stereocenters. The number of likely N-dealkylation sites (N-methyl/N-ethyl adjacent to an activating group) is 1. The Morgan fingerprint density at radius 1 is 1.13 bits per heavy atom. The molecule has 1 N–H and O–H groups in total. The van der Waals surface area contributed by atoms with E-state index < -0.39 is 28.5 Å². The summed E-state index contributed by atoms with van der Waals surface area (Å²) < 4.78 is 25.9. The first-order chi connectivity index (χ1) is 14.4. The van der Waals surface area contributed by atoms with E-state index in [-0.39, 0.29) is 18.1 Å². The Labute approximate surface area is 193 Å². The van der Waals surface area contributed by atoms with Crippen LogP contribution in [0.25, 0.3) is 0 Å². The summed E-state index contributed by atoms with van der Waals surface area (Å²) in [5, 5.41) is 3.39. The van der Waals surface area contributed by atoms with E-state index in [1.165, 1.54) is 18.0 Å². The molecule has 0 aliphatic carbocycles. The van der Waals surface area contributed by atoms with Gasteiger partial charge in [0, 0.05) is 23.6 Å². The summed E-state index contributed by atoms with van der Waals surface area (Å²) in [6.07, 6.45) is 1.01. The highest BCUT2D eigenvalue weighted by Crippen LogP contribution is 2.25. The minimum Gasteiger partial charge on any atom is -0.357 e. The Bertz CT molecular complexity index is 1080. The highest BCUT2D eigenvalue weighted by Gasteiger charge is 2.29. The van der Waals surface area contributed by atoms with Gasteiger partial charge in [-0.05, 0) is 49.2 Å². The molecule has 0 aliphatic heterocycles. The summed E-state index contributed by atoms with van der Waals surface area (Å²) >= 11 is 12.2. The van der Waals surface area contributed by atoms with Gasteiger partial charge < -0.3 is 10.2 Å². The number of benzene rings is 2. The molecular formula is C21H25Cl2N3O4S. The van der Waals surface area contributed by atoms with Crippen molar-refractivity contribution in [2.45, 2.75) is 26.4 Å². The van der Waals surface area contributed by atoms with Crippen molar-refractivity contribution in [3.05, 3.63) is 63.6 Å². The fourth-order valence-corrected chi connectivity index (χ4v) is 4.20. The maximum Gasteiger partial charge on any atom is 0.244 e. The zero-order chi connectivity index (χ0) is 23.3. The predicted molar refractivity (Wildman–Crippen MR) is 124 cm³/mol. The molecule has 2 aromatic carbocycles.